The Balaban J connectivity index is 3.39. The molecule has 0 radical (unpaired) electrons. The fraction of sp³-hybridized carbons (Fsp3) is 1.00. The second kappa shape index (κ2) is 2.51. The molecule has 48 valence electrons. The molecule has 2 nitrogen and oxygen atoms in total. The van der Waals surface area contributed by atoms with Crippen LogP contribution in [0.5, 0.6) is 0 Å². The Kier molecular flexibility index (Phi) is 2.50. The van der Waals surface area contributed by atoms with Crippen LogP contribution in [0, 0.1) is 5.41 Å². The highest BCUT2D eigenvalue weighted by Gasteiger charge is 2.18. The minimum Gasteiger partial charge on any atom is -0.427 e. The maximum atomic E-state index is 8.44. The first-order valence-corrected chi connectivity index (χ1v) is 2.78. The molecule has 0 aliphatic heterocycles. The van der Waals surface area contributed by atoms with Gasteiger partial charge >= 0.3 is 7.12 Å². The Morgan fingerprint density at radius 1 is 1.25 bits per heavy atom. The summed E-state index contributed by atoms with van der Waals surface area (Å²) < 4.78 is 0. The maximum Gasteiger partial charge on any atom is 0.451 e. The second-order valence-corrected chi connectivity index (χ2v) is 3.25. The zero-order valence-corrected chi connectivity index (χ0v) is 5.68. The lowest BCUT2D eigenvalue weighted by atomic mass is 9.72. The van der Waals surface area contributed by atoms with Crippen molar-refractivity contribution in [3.05, 3.63) is 0 Å². The van der Waals surface area contributed by atoms with Crippen molar-refractivity contribution < 1.29 is 10.0 Å². The molecule has 0 saturated carbocycles. The standard InChI is InChI=1S/C5H13BO2/c1-5(2,3)4-6(7)8/h7-8H,4H2,1-3H3. The fourth-order valence-electron chi connectivity index (χ4n) is 0.548. The zero-order valence-electron chi connectivity index (χ0n) is 5.68. The van der Waals surface area contributed by atoms with E-state index in [1.165, 1.54) is 0 Å². The first-order valence-electron chi connectivity index (χ1n) is 2.78. The van der Waals surface area contributed by atoms with Gasteiger partial charge in [0.05, 0.1) is 0 Å². The summed E-state index contributed by atoms with van der Waals surface area (Å²) in [6, 6.07) is 0. The van der Waals surface area contributed by atoms with Crippen LogP contribution in [0.3, 0.4) is 0 Å². The van der Waals surface area contributed by atoms with E-state index in [4.69, 9.17) is 10.0 Å². The molecule has 0 aromatic rings. The van der Waals surface area contributed by atoms with Gasteiger partial charge in [-0.3, -0.25) is 0 Å². The van der Waals surface area contributed by atoms with Crippen molar-refractivity contribution >= 4 is 7.12 Å². The number of hydrogen-bond donors (Lipinski definition) is 2. The van der Waals surface area contributed by atoms with Crippen LogP contribution in [0.4, 0.5) is 0 Å². The van der Waals surface area contributed by atoms with Crippen molar-refractivity contribution in [2.45, 2.75) is 27.1 Å². The summed E-state index contributed by atoms with van der Waals surface area (Å²) in [7, 11) is -1.16. The monoisotopic (exact) mass is 116 g/mol. The van der Waals surface area contributed by atoms with Gasteiger partial charge in [-0.15, -0.1) is 0 Å². The average molecular weight is 116 g/mol. The molecule has 0 atom stereocenters. The molecular weight excluding hydrogens is 103 g/mol. The van der Waals surface area contributed by atoms with Gasteiger partial charge in [-0.1, -0.05) is 20.8 Å². The van der Waals surface area contributed by atoms with Gasteiger partial charge in [-0.05, 0) is 11.7 Å². The Morgan fingerprint density at radius 2 is 1.62 bits per heavy atom. The van der Waals surface area contributed by atoms with E-state index in [1.54, 1.807) is 0 Å². The quantitative estimate of drug-likeness (QED) is 0.490. The molecule has 0 heterocycles. The molecular formula is C5H13BO2. The van der Waals surface area contributed by atoms with Gasteiger partial charge in [0.2, 0.25) is 0 Å². The van der Waals surface area contributed by atoms with Crippen LogP contribution < -0.4 is 0 Å². The van der Waals surface area contributed by atoms with E-state index >= 15 is 0 Å². The molecule has 0 amide bonds. The van der Waals surface area contributed by atoms with Crippen molar-refractivity contribution in [3.8, 4) is 0 Å². The summed E-state index contributed by atoms with van der Waals surface area (Å²) in [6.45, 7) is 5.89. The summed E-state index contributed by atoms with van der Waals surface area (Å²) in [4.78, 5) is 0. The third-order valence-corrected chi connectivity index (χ3v) is 0.795. The van der Waals surface area contributed by atoms with Crippen LogP contribution in [0.2, 0.25) is 6.32 Å². The van der Waals surface area contributed by atoms with Crippen LogP contribution in [0.25, 0.3) is 0 Å². The van der Waals surface area contributed by atoms with E-state index in [9.17, 15) is 0 Å². The molecule has 0 aromatic carbocycles. The van der Waals surface area contributed by atoms with Gasteiger partial charge in [0.1, 0.15) is 0 Å². The van der Waals surface area contributed by atoms with Crippen molar-refractivity contribution in [1.82, 2.24) is 0 Å². The minimum atomic E-state index is -1.16. The van der Waals surface area contributed by atoms with Gasteiger partial charge in [0, 0.05) is 0 Å². The summed E-state index contributed by atoms with van der Waals surface area (Å²) in [5.74, 6) is 0. The molecule has 8 heavy (non-hydrogen) atoms. The Labute approximate surface area is 50.7 Å². The van der Waals surface area contributed by atoms with Gasteiger partial charge in [0.25, 0.3) is 0 Å². The lowest BCUT2D eigenvalue weighted by Crippen LogP contribution is -2.19. The van der Waals surface area contributed by atoms with Crippen molar-refractivity contribution in [2.24, 2.45) is 5.41 Å². The zero-order chi connectivity index (χ0) is 6.78. The van der Waals surface area contributed by atoms with E-state index in [0.717, 1.165) is 0 Å². The molecule has 0 rings (SSSR count). The predicted octanol–water partition coefficient (Wildman–Crippen LogP) is 0.505. The van der Waals surface area contributed by atoms with Gasteiger partial charge < -0.3 is 10.0 Å². The molecule has 3 heteroatoms. The maximum absolute atomic E-state index is 8.44. The lowest BCUT2D eigenvalue weighted by Gasteiger charge is -2.16. The van der Waals surface area contributed by atoms with Crippen LogP contribution in [0.1, 0.15) is 20.8 Å². The van der Waals surface area contributed by atoms with E-state index in [1.807, 2.05) is 20.8 Å². The van der Waals surface area contributed by atoms with E-state index in [0.29, 0.717) is 6.32 Å². The van der Waals surface area contributed by atoms with Crippen LogP contribution in [0.15, 0.2) is 0 Å². The van der Waals surface area contributed by atoms with Gasteiger partial charge in [-0.25, -0.2) is 0 Å². The summed E-state index contributed by atoms with van der Waals surface area (Å²) in [6.07, 6.45) is 0.438. The topological polar surface area (TPSA) is 40.5 Å². The number of rotatable bonds is 1. The molecule has 0 spiro atoms. The van der Waals surface area contributed by atoms with Crippen molar-refractivity contribution in [1.29, 1.82) is 0 Å². The smallest absolute Gasteiger partial charge is 0.427 e. The highest BCUT2D eigenvalue weighted by Crippen LogP contribution is 2.19. The average Bonchev–Trinajstić information content (AvgIpc) is 1.21. The first-order chi connectivity index (χ1) is 3.42. The molecule has 0 unspecified atom stereocenters. The van der Waals surface area contributed by atoms with Crippen LogP contribution in [-0.2, 0) is 0 Å². The molecule has 2 N–H and O–H groups in total. The predicted molar refractivity (Wildman–Crippen MR) is 34.5 cm³/mol. The molecule has 0 fully saturated rings. The summed E-state index contributed by atoms with van der Waals surface area (Å²) >= 11 is 0. The van der Waals surface area contributed by atoms with Crippen LogP contribution in [-0.4, -0.2) is 17.2 Å². The van der Waals surface area contributed by atoms with Gasteiger partial charge in [0.15, 0.2) is 0 Å². The summed E-state index contributed by atoms with van der Waals surface area (Å²) in [5.41, 5.74) is 0.0220. The van der Waals surface area contributed by atoms with Crippen molar-refractivity contribution in [3.63, 3.8) is 0 Å². The molecule has 0 saturated heterocycles. The fourth-order valence-corrected chi connectivity index (χ4v) is 0.548. The van der Waals surface area contributed by atoms with Gasteiger partial charge in [-0.2, -0.15) is 0 Å². The minimum absolute atomic E-state index is 0.0220. The number of hydrogen-bond acceptors (Lipinski definition) is 2. The van der Waals surface area contributed by atoms with E-state index in [-0.39, 0.29) is 5.41 Å². The molecule has 0 aromatic heterocycles. The molecule has 0 aliphatic rings. The Bertz CT molecular complexity index is 65.3. The SMILES string of the molecule is CC(C)(C)CB(O)O. The van der Waals surface area contributed by atoms with Crippen LogP contribution >= 0.6 is 0 Å². The molecule has 0 aliphatic carbocycles. The Morgan fingerprint density at radius 3 is 1.62 bits per heavy atom. The third-order valence-electron chi connectivity index (χ3n) is 0.795. The van der Waals surface area contributed by atoms with E-state index in [2.05, 4.69) is 0 Å². The summed E-state index contributed by atoms with van der Waals surface area (Å²) in [5, 5.41) is 16.9. The largest absolute Gasteiger partial charge is 0.451 e. The highest BCUT2D eigenvalue weighted by molar-refractivity contribution is 6.41. The first kappa shape index (κ1) is 7.98. The highest BCUT2D eigenvalue weighted by atomic mass is 16.4. The normalized spacial score (nSPS) is 11.6. The van der Waals surface area contributed by atoms with E-state index < -0.39 is 7.12 Å². The third kappa shape index (κ3) is 5.98. The Hall–Kier alpha value is -0.0151. The van der Waals surface area contributed by atoms with Crippen molar-refractivity contribution in [2.75, 3.05) is 0 Å². The second-order valence-electron chi connectivity index (χ2n) is 3.25. The lowest BCUT2D eigenvalue weighted by molar-refractivity contribution is 0.356. The molecule has 0 bridgehead atoms.